The third-order valence-electron chi connectivity index (χ3n) is 5.10. The van der Waals surface area contributed by atoms with Crippen LogP contribution in [0.1, 0.15) is 30.1 Å². The molecule has 1 aromatic rings. The fourth-order valence-electron chi connectivity index (χ4n) is 3.51. The molecule has 0 aliphatic carbocycles. The van der Waals surface area contributed by atoms with Gasteiger partial charge in [0.25, 0.3) is 5.91 Å². The van der Waals surface area contributed by atoms with Crippen LogP contribution in [-0.2, 0) is 14.8 Å². The van der Waals surface area contributed by atoms with E-state index in [0.29, 0.717) is 13.1 Å². The molecule has 2 aliphatic heterocycles. The van der Waals surface area contributed by atoms with Crippen LogP contribution in [0, 0.1) is 17.7 Å². The van der Waals surface area contributed by atoms with Crippen molar-refractivity contribution < 1.29 is 27.5 Å². The molecule has 0 bridgehead atoms. The normalized spacial score (nSPS) is 24.2. The first-order valence-corrected chi connectivity index (χ1v) is 9.97. The molecule has 0 aromatic heterocycles. The van der Waals surface area contributed by atoms with Crippen molar-refractivity contribution in [2.45, 2.75) is 24.7 Å². The molecule has 0 unspecified atom stereocenters. The summed E-state index contributed by atoms with van der Waals surface area (Å²) in [6.07, 6.45) is 1.75. The predicted molar refractivity (Wildman–Crippen MR) is 90.6 cm³/mol. The molecule has 1 N–H and O–H groups in total. The molecule has 7 nitrogen and oxygen atoms in total. The highest BCUT2D eigenvalue weighted by Gasteiger charge is 2.41. The third kappa shape index (κ3) is 3.33. The average molecular weight is 384 g/mol. The summed E-state index contributed by atoms with van der Waals surface area (Å²) in [5.74, 6) is -3.49. The van der Waals surface area contributed by atoms with E-state index in [4.69, 9.17) is 5.11 Å². The van der Waals surface area contributed by atoms with E-state index in [9.17, 15) is 22.4 Å². The molecule has 3 rings (SSSR count). The highest BCUT2D eigenvalue weighted by Crippen LogP contribution is 2.29. The maximum atomic E-state index is 14.4. The van der Waals surface area contributed by atoms with Gasteiger partial charge in [-0.15, -0.1) is 0 Å². The van der Waals surface area contributed by atoms with Crippen molar-refractivity contribution >= 4 is 21.9 Å². The number of likely N-dealkylation sites (tertiary alicyclic amines) is 1. The maximum absolute atomic E-state index is 14.4. The number of carboxylic acids is 1. The number of carbonyl (C=O) groups is 2. The van der Waals surface area contributed by atoms with Crippen LogP contribution in [0.5, 0.6) is 0 Å². The van der Waals surface area contributed by atoms with Crippen LogP contribution < -0.4 is 0 Å². The van der Waals surface area contributed by atoms with Gasteiger partial charge in [0, 0.05) is 26.2 Å². The number of amides is 1. The second-order valence-electron chi connectivity index (χ2n) is 6.88. The fourth-order valence-corrected chi connectivity index (χ4v) is 5.09. The van der Waals surface area contributed by atoms with Crippen molar-refractivity contribution in [3.63, 3.8) is 0 Å². The van der Waals surface area contributed by atoms with Gasteiger partial charge in [0.15, 0.2) is 0 Å². The van der Waals surface area contributed by atoms with Gasteiger partial charge in [0.1, 0.15) is 5.82 Å². The van der Waals surface area contributed by atoms with Crippen LogP contribution >= 0.6 is 0 Å². The zero-order valence-corrected chi connectivity index (χ0v) is 15.2. The lowest BCUT2D eigenvalue weighted by atomic mass is 9.99. The lowest BCUT2D eigenvalue weighted by Crippen LogP contribution is -2.31. The van der Waals surface area contributed by atoms with E-state index in [2.05, 4.69) is 0 Å². The molecule has 0 spiro atoms. The van der Waals surface area contributed by atoms with Crippen LogP contribution in [0.15, 0.2) is 23.1 Å². The number of benzene rings is 1. The van der Waals surface area contributed by atoms with E-state index in [1.807, 2.05) is 0 Å². The molecule has 2 atom stereocenters. The molecule has 26 heavy (non-hydrogen) atoms. The number of hydrogen-bond acceptors (Lipinski definition) is 4. The van der Waals surface area contributed by atoms with Gasteiger partial charge in [-0.05, 0) is 37.0 Å². The van der Waals surface area contributed by atoms with Gasteiger partial charge in [-0.3, -0.25) is 9.59 Å². The molecule has 1 aromatic carbocycles. The zero-order chi connectivity index (χ0) is 19.1. The zero-order valence-electron chi connectivity index (χ0n) is 14.4. The first kappa shape index (κ1) is 18.8. The highest BCUT2D eigenvalue weighted by atomic mass is 32.2. The number of halogens is 1. The van der Waals surface area contributed by atoms with Crippen molar-refractivity contribution in [1.82, 2.24) is 9.21 Å². The summed E-state index contributed by atoms with van der Waals surface area (Å²) in [4.78, 5) is 24.8. The van der Waals surface area contributed by atoms with Crippen molar-refractivity contribution in [1.29, 1.82) is 0 Å². The SMILES string of the molecule is C[C@@H]1CN(S(=O)(=O)c2ccc(C(=O)N3CCCC3)c(F)c2)C[C@H]1C(=O)O. The van der Waals surface area contributed by atoms with Crippen LogP contribution in [0.3, 0.4) is 0 Å². The van der Waals surface area contributed by atoms with Crippen LogP contribution in [0.25, 0.3) is 0 Å². The fraction of sp³-hybridized carbons (Fsp3) is 0.529. The first-order chi connectivity index (χ1) is 12.2. The van der Waals surface area contributed by atoms with Crippen LogP contribution in [0.2, 0.25) is 0 Å². The summed E-state index contributed by atoms with van der Waals surface area (Å²) in [6, 6.07) is 3.24. The van der Waals surface area contributed by atoms with Crippen molar-refractivity contribution in [3.8, 4) is 0 Å². The molecule has 1 amide bonds. The monoisotopic (exact) mass is 384 g/mol. The Hall–Kier alpha value is -2.00. The van der Waals surface area contributed by atoms with Gasteiger partial charge < -0.3 is 10.0 Å². The Morgan fingerprint density at radius 3 is 2.38 bits per heavy atom. The standard InChI is InChI=1S/C17H21FN2O5S/c1-11-9-20(10-14(11)17(22)23)26(24,25)12-4-5-13(15(18)8-12)16(21)19-6-2-3-7-19/h4-5,8,11,14H,2-3,6-7,9-10H2,1H3,(H,22,23)/t11-,14-/m1/s1. The lowest BCUT2D eigenvalue weighted by Gasteiger charge is -2.18. The Morgan fingerprint density at radius 1 is 1.19 bits per heavy atom. The van der Waals surface area contributed by atoms with E-state index in [1.165, 1.54) is 12.1 Å². The highest BCUT2D eigenvalue weighted by molar-refractivity contribution is 7.89. The Morgan fingerprint density at radius 2 is 1.85 bits per heavy atom. The summed E-state index contributed by atoms with van der Waals surface area (Å²) in [7, 11) is -4.02. The summed E-state index contributed by atoms with van der Waals surface area (Å²) in [5, 5.41) is 9.16. The largest absolute Gasteiger partial charge is 0.481 e. The van der Waals surface area contributed by atoms with E-state index in [-0.39, 0.29) is 29.5 Å². The molecule has 0 radical (unpaired) electrons. The number of nitrogens with zero attached hydrogens (tertiary/aromatic N) is 2. The predicted octanol–water partition coefficient (Wildman–Crippen LogP) is 1.40. The van der Waals surface area contributed by atoms with Crippen LogP contribution in [0.4, 0.5) is 4.39 Å². The molecular formula is C17H21FN2O5S. The van der Waals surface area contributed by atoms with E-state index >= 15 is 0 Å². The molecule has 2 aliphatic rings. The Balaban J connectivity index is 1.84. The minimum Gasteiger partial charge on any atom is -0.481 e. The van der Waals surface area contributed by atoms with Gasteiger partial charge in [0.2, 0.25) is 10.0 Å². The lowest BCUT2D eigenvalue weighted by molar-refractivity contribution is -0.142. The second-order valence-corrected chi connectivity index (χ2v) is 8.82. The van der Waals surface area contributed by atoms with Crippen molar-refractivity contribution in [2.24, 2.45) is 11.8 Å². The number of hydrogen-bond donors (Lipinski definition) is 1. The Bertz CT molecular complexity index is 836. The smallest absolute Gasteiger partial charge is 0.308 e. The molecule has 2 fully saturated rings. The van der Waals surface area contributed by atoms with Gasteiger partial charge >= 0.3 is 5.97 Å². The van der Waals surface area contributed by atoms with Gasteiger partial charge in [-0.2, -0.15) is 4.31 Å². The van der Waals surface area contributed by atoms with E-state index in [0.717, 1.165) is 23.2 Å². The first-order valence-electron chi connectivity index (χ1n) is 8.53. The minimum atomic E-state index is -4.02. The second kappa shape index (κ2) is 6.96. The van der Waals surface area contributed by atoms with E-state index < -0.39 is 33.6 Å². The van der Waals surface area contributed by atoms with Gasteiger partial charge in [-0.25, -0.2) is 12.8 Å². The number of sulfonamides is 1. The molecule has 2 heterocycles. The summed E-state index contributed by atoms with van der Waals surface area (Å²) >= 11 is 0. The van der Waals surface area contributed by atoms with Gasteiger partial charge in [0.05, 0.1) is 16.4 Å². The molecular weight excluding hydrogens is 363 g/mol. The maximum Gasteiger partial charge on any atom is 0.308 e. The van der Waals surface area contributed by atoms with Crippen LogP contribution in [-0.4, -0.2) is 60.8 Å². The third-order valence-corrected chi connectivity index (χ3v) is 6.93. The number of aliphatic carboxylic acids is 1. The molecule has 0 saturated carbocycles. The Labute approximate surface area is 151 Å². The topological polar surface area (TPSA) is 95.0 Å². The quantitative estimate of drug-likeness (QED) is 0.847. The van der Waals surface area contributed by atoms with Crippen molar-refractivity contribution in [3.05, 3.63) is 29.6 Å². The number of rotatable bonds is 4. The number of carboxylic acid groups (broad SMARTS) is 1. The number of carbonyl (C=O) groups excluding carboxylic acids is 1. The molecule has 142 valence electrons. The van der Waals surface area contributed by atoms with Crippen molar-refractivity contribution in [2.75, 3.05) is 26.2 Å². The molecule has 2 saturated heterocycles. The van der Waals surface area contributed by atoms with E-state index in [1.54, 1.807) is 11.8 Å². The Kier molecular flexibility index (Phi) is 5.03. The minimum absolute atomic E-state index is 0.0649. The average Bonchev–Trinajstić information content (AvgIpc) is 3.23. The molecule has 9 heteroatoms. The van der Waals surface area contributed by atoms with Gasteiger partial charge in [-0.1, -0.05) is 6.92 Å². The summed E-state index contributed by atoms with van der Waals surface area (Å²) in [6.45, 7) is 2.73. The summed E-state index contributed by atoms with van der Waals surface area (Å²) < 4.78 is 40.9. The summed E-state index contributed by atoms with van der Waals surface area (Å²) in [5.41, 5.74) is -0.149.